The topological polar surface area (TPSA) is 65.0 Å². The SMILES string of the molecule is COCCNC(=O)N1CCN(C[C@H](O)C2CC2)CC1. The number of rotatable bonds is 6. The fraction of sp³-hybridized carbons (Fsp3) is 0.923. The molecular weight excluding hydrogens is 246 g/mol. The molecule has 0 radical (unpaired) electrons. The van der Waals surface area contributed by atoms with Gasteiger partial charge in [-0.15, -0.1) is 0 Å². The zero-order valence-corrected chi connectivity index (χ0v) is 11.7. The lowest BCUT2D eigenvalue weighted by molar-refractivity contribution is 0.0693. The van der Waals surface area contributed by atoms with E-state index in [1.54, 1.807) is 7.11 Å². The first-order valence-electron chi connectivity index (χ1n) is 7.13. The van der Waals surface area contributed by atoms with Crippen molar-refractivity contribution in [3.05, 3.63) is 0 Å². The summed E-state index contributed by atoms with van der Waals surface area (Å²) in [6.45, 7) is 5.01. The number of amides is 2. The van der Waals surface area contributed by atoms with E-state index in [4.69, 9.17) is 4.74 Å². The smallest absolute Gasteiger partial charge is 0.317 e. The van der Waals surface area contributed by atoms with Gasteiger partial charge in [0.15, 0.2) is 0 Å². The quantitative estimate of drug-likeness (QED) is 0.653. The average molecular weight is 271 g/mol. The molecule has 110 valence electrons. The second-order valence-electron chi connectivity index (χ2n) is 5.42. The molecule has 2 N–H and O–H groups in total. The van der Waals surface area contributed by atoms with Gasteiger partial charge in [0, 0.05) is 46.4 Å². The number of carbonyl (C=O) groups is 1. The molecule has 1 aliphatic heterocycles. The molecule has 1 saturated carbocycles. The summed E-state index contributed by atoms with van der Waals surface area (Å²) in [5.41, 5.74) is 0. The van der Waals surface area contributed by atoms with E-state index in [9.17, 15) is 9.90 Å². The van der Waals surface area contributed by atoms with Gasteiger partial charge in [0.05, 0.1) is 12.7 Å². The van der Waals surface area contributed by atoms with Crippen LogP contribution in [0.25, 0.3) is 0 Å². The maximum atomic E-state index is 11.8. The zero-order chi connectivity index (χ0) is 13.7. The average Bonchev–Trinajstić information content (AvgIpc) is 3.24. The van der Waals surface area contributed by atoms with Crippen molar-refractivity contribution in [2.24, 2.45) is 5.92 Å². The number of urea groups is 1. The van der Waals surface area contributed by atoms with Gasteiger partial charge in [-0.1, -0.05) is 0 Å². The fourth-order valence-corrected chi connectivity index (χ4v) is 2.40. The number of nitrogens with zero attached hydrogens (tertiary/aromatic N) is 2. The molecule has 2 rings (SSSR count). The molecule has 2 fully saturated rings. The predicted octanol–water partition coefficient (Wildman–Crippen LogP) is -0.269. The van der Waals surface area contributed by atoms with Crippen molar-refractivity contribution < 1.29 is 14.6 Å². The molecule has 1 atom stereocenters. The lowest BCUT2D eigenvalue weighted by atomic mass is 10.2. The van der Waals surface area contributed by atoms with Crippen molar-refractivity contribution >= 4 is 6.03 Å². The number of methoxy groups -OCH3 is 1. The summed E-state index contributed by atoms with van der Waals surface area (Å²) in [5, 5.41) is 12.7. The Morgan fingerprint density at radius 1 is 1.37 bits per heavy atom. The third-order valence-electron chi connectivity index (χ3n) is 3.85. The molecular formula is C13H25N3O3. The third-order valence-corrected chi connectivity index (χ3v) is 3.85. The Hall–Kier alpha value is -0.850. The van der Waals surface area contributed by atoms with Gasteiger partial charge >= 0.3 is 6.03 Å². The number of carbonyl (C=O) groups excluding carboxylic acids is 1. The van der Waals surface area contributed by atoms with Crippen LogP contribution in [0.4, 0.5) is 4.79 Å². The Balaban J connectivity index is 1.62. The van der Waals surface area contributed by atoms with Crippen LogP contribution in [-0.4, -0.2) is 80.0 Å². The molecule has 0 aromatic heterocycles. The van der Waals surface area contributed by atoms with E-state index < -0.39 is 0 Å². The minimum absolute atomic E-state index is 0.0144. The van der Waals surface area contributed by atoms with Gasteiger partial charge in [-0.25, -0.2) is 4.79 Å². The van der Waals surface area contributed by atoms with Crippen LogP contribution in [0.3, 0.4) is 0 Å². The molecule has 6 nitrogen and oxygen atoms in total. The predicted molar refractivity (Wildman–Crippen MR) is 72.0 cm³/mol. The van der Waals surface area contributed by atoms with Crippen molar-refractivity contribution in [3.8, 4) is 0 Å². The summed E-state index contributed by atoms with van der Waals surface area (Å²) < 4.78 is 4.90. The highest BCUT2D eigenvalue weighted by molar-refractivity contribution is 5.74. The summed E-state index contributed by atoms with van der Waals surface area (Å²) >= 11 is 0. The lowest BCUT2D eigenvalue weighted by Gasteiger charge is -2.35. The molecule has 0 bridgehead atoms. The molecule has 1 heterocycles. The zero-order valence-electron chi connectivity index (χ0n) is 11.7. The summed E-state index contributed by atoms with van der Waals surface area (Å²) in [7, 11) is 1.62. The van der Waals surface area contributed by atoms with Gasteiger partial charge in [-0.3, -0.25) is 4.90 Å². The lowest BCUT2D eigenvalue weighted by Crippen LogP contribution is -2.53. The van der Waals surface area contributed by atoms with Crippen molar-refractivity contribution in [1.29, 1.82) is 0 Å². The first-order valence-corrected chi connectivity index (χ1v) is 7.13. The Morgan fingerprint density at radius 2 is 2.05 bits per heavy atom. The molecule has 6 heteroatoms. The monoisotopic (exact) mass is 271 g/mol. The van der Waals surface area contributed by atoms with Crippen LogP contribution in [0.2, 0.25) is 0 Å². The molecule has 19 heavy (non-hydrogen) atoms. The molecule has 1 saturated heterocycles. The Morgan fingerprint density at radius 3 is 2.63 bits per heavy atom. The first kappa shape index (κ1) is 14.6. The van der Waals surface area contributed by atoms with E-state index in [0.717, 1.165) is 32.7 Å². The number of aliphatic hydroxyl groups is 1. The van der Waals surface area contributed by atoms with Gasteiger partial charge in [0.2, 0.25) is 0 Å². The van der Waals surface area contributed by atoms with Crippen LogP contribution in [-0.2, 0) is 4.74 Å². The van der Waals surface area contributed by atoms with Crippen LogP contribution >= 0.6 is 0 Å². The second kappa shape index (κ2) is 7.07. The minimum atomic E-state index is -0.179. The van der Waals surface area contributed by atoms with Gasteiger partial charge < -0.3 is 20.1 Å². The Bertz CT molecular complexity index is 289. The molecule has 2 amide bonds. The fourth-order valence-electron chi connectivity index (χ4n) is 2.40. The van der Waals surface area contributed by atoms with E-state index in [-0.39, 0.29) is 12.1 Å². The summed E-state index contributed by atoms with van der Waals surface area (Å²) in [5.74, 6) is 0.523. The van der Waals surface area contributed by atoms with E-state index in [2.05, 4.69) is 10.2 Å². The molecule has 0 aromatic rings. The molecule has 0 unspecified atom stereocenters. The molecule has 2 aliphatic rings. The molecule has 0 aromatic carbocycles. The van der Waals surface area contributed by atoms with Crippen molar-refractivity contribution in [2.75, 3.05) is 53.0 Å². The number of piperazine rings is 1. The van der Waals surface area contributed by atoms with Gasteiger partial charge in [-0.2, -0.15) is 0 Å². The third kappa shape index (κ3) is 4.63. The second-order valence-corrected chi connectivity index (χ2v) is 5.42. The van der Waals surface area contributed by atoms with Crippen LogP contribution in [0.5, 0.6) is 0 Å². The summed E-state index contributed by atoms with van der Waals surface area (Å²) in [6, 6.07) is -0.0144. The van der Waals surface area contributed by atoms with Crippen LogP contribution < -0.4 is 5.32 Å². The minimum Gasteiger partial charge on any atom is -0.392 e. The van der Waals surface area contributed by atoms with E-state index in [0.29, 0.717) is 19.1 Å². The number of β-amino-alcohol motifs (C(OH)–C–C–N with tert-alkyl or cyclic N) is 1. The van der Waals surface area contributed by atoms with E-state index in [1.807, 2.05) is 4.90 Å². The standard InChI is InChI=1S/C13H25N3O3/c1-19-9-4-14-13(18)16-7-5-15(6-8-16)10-12(17)11-2-3-11/h11-12,17H,2-10H2,1H3,(H,14,18)/t12-/m0/s1. The largest absolute Gasteiger partial charge is 0.392 e. The first-order chi connectivity index (χ1) is 9.20. The summed E-state index contributed by atoms with van der Waals surface area (Å²) in [4.78, 5) is 15.9. The maximum absolute atomic E-state index is 11.8. The Labute approximate surface area is 114 Å². The number of hydrogen-bond donors (Lipinski definition) is 2. The summed E-state index contributed by atoms with van der Waals surface area (Å²) in [6.07, 6.45) is 2.16. The van der Waals surface area contributed by atoms with Crippen molar-refractivity contribution in [3.63, 3.8) is 0 Å². The van der Waals surface area contributed by atoms with Crippen molar-refractivity contribution in [2.45, 2.75) is 18.9 Å². The van der Waals surface area contributed by atoms with Crippen molar-refractivity contribution in [1.82, 2.24) is 15.1 Å². The molecule has 1 aliphatic carbocycles. The highest BCUT2D eigenvalue weighted by atomic mass is 16.5. The number of hydrogen-bond acceptors (Lipinski definition) is 4. The number of aliphatic hydroxyl groups excluding tert-OH is 1. The normalized spacial score (nSPS) is 22.3. The van der Waals surface area contributed by atoms with Gasteiger partial charge in [-0.05, 0) is 18.8 Å². The van der Waals surface area contributed by atoms with E-state index >= 15 is 0 Å². The highest BCUT2D eigenvalue weighted by Crippen LogP contribution is 2.32. The van der Waals surface area contributed by atoms with Gasteiger partial charge in [0.1, 0.15) is 0 Å². The van der Waals surface area contributed by atoms with Crippen LogP contribution in [0.15, 0.2) is 0 Å². The van der Waals surface area contributed by atoms with E-state index in [1.165, 1.54) is 12.8 Å². The van der Waals surface area contributed by atoms with Gasteiger partial charge in [0.25, 0.3) is 0 Å². The maximum Gasteiger partial charge on any atom is 0.317 e. The van der Waals surface area contributed by atoms with Crippen LogP contribution in [0, 0.1) is 5.92 Å². The Kier molecular flexibility index (Phi) is 5.42. The number of ether oxygens (including phenoxy) is 1. The highest BCUT2D eigenvalue weighted by Gasteiger charge is 2.31. The van der Waals surface area contributed by atoms with Crippen LogP contribution in [0.1, 0.15) is 12.8 Å². The number of nitrogens with one attached hydrogen (secondary N) is 1. The molecule has 0 spiro atoms.